The number of piperidine rings is 1. The average Bonchev–Trinajstić information content (AvgIpc) is 2.97. The zero-order valence-corrected chi connectivity index (χ0v) is 16.5. The number of hydrogen-bond donors (Lipinski definition) is 0. The molecule has 152 valence electrons. The topological polar surface area (TPSA) is 70.2 Å². The van der Waals surface area contributed by atoms with Crippen molar-refractivity contribution in [2.45, 2.75) is 32.2 Å². The lowest BCUT2D eigenvalue weighted by molar-refractivity contribution is -0.183. The summed E-state index contributed by atoms with van der Waals surface area (Å²) in [6.45, 7) is 1.64. The van der Waals surface area contributed by atoms with Gasteiger partial charge in [0.15, 0.2) is 0 Å². The van der Waals surface area contributed by atoms with Crippen LogP contribution in [0.25, 0.3) is 0 Å². The molecule has 0 radical (unpaired) electrons. The zero-order chi connectivity index (χ0) is 20.4. The van der Waals surface area contributed by atoms with Gasteiger partial charge in [-0.25, -0.2) is 0 Å². The van der Waals surface area contributed by atoms with Gasteiger partial charge in [0, 0.05) is 44.0 Å². The summed E-state index contributed by atoms with van der Waals surface area (Å²) in [4.78, 5) is 46.4. The Morgan fingerprint density at radius 1 is 1.14 bits per heavy atom. The molecule has 0 atom stereocenters. The average molecular weight is 395 g/mol. The number of nitrogens with zero attached hydrogens (tertiary/aromatic N) is 3. The Bertz CT molecular complexity index is 869. The van der Waals surface area contributed by atoms with Crippen LogP contribution in [0.5, 0.6) is 0 Å². The summed E-state index contributed by atoms with van der Waals surface area (Å²) in [5.41, 5.74) is 1.20. The largest absolute Gasteiger partial charge is 0.350 e. The number of amides is 3. The van der Waals surface area contributed by atoms with E-state index in [1.54, 1.807) is 4.90 Å². The van der Waals surface area contributed by atoms with E-state index in [9.17, 15) is 14.4 Å². The lowest BCUT2D eigenvalue weighted by atomic mass is 9.77. The van der Waals surface area contributed by atoms with Crippen molar-refractivity contribution in [3.63, 3.8) is 0 Å². The van der Waals surface area contributed by atoms with E-state index in [-0.39, 0.29) is 24.1 Å². The molecule has 1 spiro atoms. The Morgan fingerprint density at radius 2 is 1.86 bits per heavy atom. The molecule has 3 heterocycles. The highest BCUT2D eigenvalue weighted by Gasteiger charge is 2.53. The van der Waals surface area contributed by atoms with Crippen molar-refractivity contribution in [1.82, 2.24) is 14.9 Å². The Balaban J connectivity index is 1.39. The highest BCUT2D eigenvalue weighted by atomic mass is 16.7. The number of benzene rings is 1. The molecule has 0 aliphatic carbocycles. The first kappa shape index (κ1) is 19.4. The van der Waals surface area contributed by atoms with Gasteiger partial charge in [-0.3, -0.25) is 19.2 Å². The predicted octanol–water partition coefficient (Wildman–Crippen LogP) is 2.22. The maximum atomic E-state index is 13.0. The van der Waals surface area contributed by atoms with Crippen LogP contribution in [-0.2, 0) is 25.8 Å². The number of allylic oxidation sites excluding steroid dienone is 1. The summed E-state index contributed by atoms with van der Waals surface area (Å²) >= 11 is 0. The molecule has 7 nitrogen and oxygen atoms in total. The number of carbonyl (C=O) groups excluding carboxylic acids is 3. The van der Waals surface area contributed by atoms with E-state index in [0.717, 1.165) is 10.6 Å². The molecule has 0 unspecified atom stereocenters. The van der Waals surface area contributed by atoms with Crippen LogP contribution in [-0.4, -0.2) is 52.8 Å². The molecule has 0 aromatic heterocycles. The third-order valence-corrected chi connectivity index (χ3v) is 5.98. The van der Waals surface area contributed by atoms with Crippen molar-refractivity contribution >= 4 is 17.7 Å². The minimum absolute atomic E-state index is 0.00244. The summed E-state index contributed by atoms with van der Waals surface area (Å²) in [6, 6.07) is 10.1. The molecular weight excluding hydrogens is 370 g/mol. The third-order valence-electron chi connectivity index (χ3n) is 5.98. The second-order valence-corrected chi connectivity index (χ2v) is 7.83. The van der Waals surface area contributed by atoms with Crippen LogP contribution in [0.2, 0.25) is 0 Å². The van der Waals surface area contributed by atoms with Crippen molar-refractivity contribution in [2.24, 2.45) is 5.41 Å². The Labute approximate surface area is 170 Å². The number of carbonyl (C=O) groups is 3. The summed E-state index contributed by atoms with van der Waals surface area (Å²) in [5.74, 6) is -0.567. The van der Waals surface area contributed by atoms with Crippen molar-refractivity contribution in [1.29, 1.82) is 0 Å². The quantitative estimate of drug-likeness (QED) is 0.731. The summed E-state index contributed by atoms with van der Waals surface area (Å²) in [5, 5.41) is 0.868. The van der Waals surface area contributed by atoms with Gasteiger partial charge in [0.1, 0.15) is 0 Å². The fourth-order valence-electron chi connectivity index (χ4n) is 4.33. The van der Waals surface area contributed by atoms with Crippen LogP contribution in [0, 0.1) is 5.41 Å². The Hall–Kier alpha value is -2.93. The normalized spacial score (nSPS) is 21.1. The number of imide groups is 1. The maximum Gasteiger partial charge on any atom is 0.260 e. The van der Waals surface area contributed by atoms with Gasteiger partial charge < -0.3 is 9.80 Å². The molecule has 2 fully saturated rings. The molecule has 1 aromatic rings. The molecular formula is C22H25N3O4. The van der Waals surface area contributed by atoms with Gasteiger partial charge in [-0.2, -0.15) is 5.06 Å². The maximum absolute atomic E-state index is 13.0. The highest BCUT2D eigenvalue weighted by Crippen LogP contribution is 2.42. The second kappa shape index (κ2) is 7.83. The van der Waals surface area contributed by atoms with E-state index < -0.39 is 5.41 Å². The molecule has 0 N–H and O–H groups in total. The minimum Gasteiger partial charge on any atom is -0.350 e. The van der Waals surface area contributed by atoms with Crippen LogP contribution >= 0.6 is 0 Å². The first-order valence-electron chi connectivity index (χ1n) is 9.90. The lowest BCUT2D eigenvalue weighted by Crippen LogP contribution is -2.47. The fraction of sp³-hybridized carbons (Fsp3) is 0.409. The predicted molar refractivity (Wildman–Crippen MR) is 106 cm³/mol. The van der Waals surface area contributed by atoms with Gasteiger partial charge in [0.05, 0.1) is 12.5 Å². The standard InChI is InChI=1S/C22H25N3O4/c1-29-25-19(26)14-22(21(25)28)9-12-24(13-10-22)20(27)18-8-5-11-23(16-18)15-17-6-3-2-4-7-17/h2-7,11,16H,8-10,12-15H2,1H3. The molecule has 7 heteroatoms. The highest BCUT2D eigenvalue weighted by molar-refractivity contribution is 6.05. The van der Waals surface area contributed by atoms with Crippen LogP contribution in [0.1, 0.15) is 31.2 Å². The van der Waals surface area contributed by atoms with Gasteiger partial charge >= 0.3 is 0 Å². The molecule has 0 saturated carbocycles. The Morgan fingerprint density at radius 3 is 2.52 bits per heavy atom. The van der Waals surface area contributed by atoms with Crippen molar-refractivity contribution in [3.05, 3.63) is 59.9 Å². The van der Waals surface area contributed by atoms with Gasteiger partial charge in [0.25, 0.3) is 17.7 Å². The molecule has 1 aromatic carbocycles. The van der Waals surface area contributed by atoms with Gasteiger partial charge in [0.2, 0.25) is 0 Å². The fourth-order valence-corrected chi connectivity index (χ4v) is 4.33. The first-order chi connectivity index (χ1) is 14.0. The molecule has 3 amide bonds. The van der Waals surface area contributed by atoms with Gasteiger partial charge in [-0.05, 0) is 24.8 Å². The van der Waals surface area contributed by atoms with Crippen molar-refractivity contribution in [3.8, 4) is 0 Å². The van der Waals surface area contributed by atoms with Crippen molar-refractivity contribution < 1.29 is 19.2 Å². The first-order valence-corrected chi connectivity index (χ1v) is 9.90. The lowest BCUT2D eigenvalue weighted by Gasteiger charge is -2.37. The SMILES string of the molecule is CON1C(=O)CC2(CCN(C(=O)C3=CN(Cc4ccccc4)C=CC3)CC2)C1=O. The monoisotopic (exact) mass is 395 g/mol. The van der Waals surface area contributed by atoms with Crippen LogP contribution in [0.3, 0.4) is 0 Å². The molecule has 2 saturated heterocycles. The van der Waals surface area contributed by atoms with E-state index in [1.807, 2.05) is 41.6 Å². The summed E-state index contributed by atoms with van der Waals surface area (Å²) < 4.78 is 0. The molecule has 3 aliphatic heterocycles. The molecule has 4 rings (SSSR count). The third kappa shape index (κ3) is 3.70. The van der Waals surface area contributed by atoms with Crippen LogP contribution in [0.15, 0.2) is 54.4 Å². The number of likely N-dealkylation sites (tertiary alicyclic amines) is 1. The van der Waals surface area contributed by atoms with E-state index in [1.165, 1.54) is 12.7 Å². The van der Waals surface area contributed by atoms with Gasteiger partial charge in [-0.15, -0.1) is 0 Å². The second-order valence-electron chi connectivity index (χ2n) is 7.83. The number of rotatable bonds is 4. The molecule has 29 heavy (non-hydrogen) atoms. The summed E-state index contributed by atoms with van der Waals surface area (Å²) in [7, 11) is 1.33. The minimum atomic E-state index is -0.718. The molecule has 0 bridgehead atoms. The number of hydroxylamine groups is 2. The van der Waals surface area contributed by atoms with Gasteiger partial charge in [-0.1, -0.05) is 36.4 Å². The zero-order valence-electron chi connectivity index (χ0n) is 16.5. The van der Waals surface area contributed by atoms with E-state index in [0.29, 0.717) is 38.9 Å². The van der Waals surface area contributed by atoms with E-state index >= 15 is 0 Å². The summed E-state index contributed by atoms with van der Waals surface area (Å²) in [6.07, 6.45) is 7.64. The van der Waals surface area contributed by atoms with Crippen LogP contribution in [0.4, 0.5) is 0 Å². The van der Waals surface area contributed by atoms with Crippen LogP contribution < -0.4 is 0 Å². The van der Waals surface area contributed by atoms with E-state index in [4.69, 9.17) is 4.84 Å². The smallest absolute Gasteiger partial charge is 0.260 e. The molecule has 3 aliphatic rings. The Kier molecular flexibility index (Phi) is 5.24. The van der Waals surface area contributed by atoms with E-state index in [2.05, 4.69) is 12.1 Å². The number of hydrogen-bond acceptors (Lipinski definition) is 5. The van der Waals surface area contributed by atoms with Crippen molar-refractivity contribution in [2.75, 3.05) is 20.2 Å².